The molecule has 0 bridgehead atoms. The van der Waals surface area contributed by atoms with Gasteiger partial charge in [0.1, 0.15) is 5.78 Å². The molecule has 0 fully saturated rings. The average Bonchev–Trinajstić information content (AvgIpc) is 2.47. The summed E-state index contributed by atoms with van der Waals surface area (Å²) in [6, 6.07) is 12.7. The van der Waals surface area contributed by atoms with Crippen LogP contribution < -0.4 is 0 Å². The van der Waals surface area contributed by atoms with Crippen LogP contribution in [-0.4, -0.2) is 10.8 Å². The molecule has 1 aromatic heterocycles. The summed E-state index contributed by atoms with van der Waals surface area (Å²) in [6.07, 6.45) is 5.94. The monoisotopic (exact) mass is 265 g/mol. The second-order valence-corrected chi connectivity index (χ2v) is 5.61. The first-order valence-corrected chi connectivity index (χ1v) is 7.26. The van der Waals surface area contributed by atoms with Gasteiger partial charge in [0, 0.05) is 18.5 Å². The fourth-order valence-electron chi connectivity index (χ4n) is 3.09. The topological polar surface area (TPSA) is 30.0 Å². The van der Waals surface area contributed by atoms with Crippen LogP contribution in [0.5, 0.6) is 0 Å². The van der Waals surface area contributed by atoms with Gasteiger partial charge in [0.25, 0.3) is 0 Å². The van der Waals surface area contributed by atoms with Crippen LogP contribution in [0.1, 0.15) is 48.1 Å². The fraction of sp³-hybridized carbons (Fsp3) is 0.333. The highest BCUT2D eigenvalue weighted by Crippen LogP contribution is 2.35. The highest BCUT2D eigenvalue weighted by atomic mass is 16.1. The van der Waals surface area contributed by atoms with E-state index in [9.17, 15) is 4.79 Å². The van der Waals surface area contributed by atoms with Gasteiger partial charge in [0.05, 0.1) is 5.69 Å². The van der Waals surface area contributed by atoms with Crippen molar-refractivity contribution in [3.8, 4) is 0 Å². The first kappa shape index (κ1) is 13.0. The average molecular weight is 265 g/mol. The Labute approximate surface area is 119 Å². The molecule has 1 unspecified atom stereocenters. The van der Waals surface area contributed by atoms with E-state index in [4.69, 9.17) is 0 Å². The summed E-state index contributed by atoms with van der Waals surface area (Å²) >= 11 is 0. The zero-order chi connectivity index (χ0) is 13.9. The van der Waals surface area contributed by atoms with Crippen molar-refractivity contribution in [3.05, 3.63) is 65.0 Å². The summed E-state index contributed by atoms with van der Waals surface area (Å²) in [5, 5.41) is 0. The maximum atomic E-state index is 11.2. The summed E-state index contributed by atoms with van der Waals surface area (Å²) in [6.45, 7) is 1.63. The zero-order valence-electron chi connectivity index (χ0n) is 11.8. The second-order valence-electron chi connectivity index (χ2n) is 5.61. The smallest absolute Gasteiger partial charge is 0.134 e. The Morgan fingerprint density at radius 2 is 2.05 bits per heavy atom. The Balaban J connectivity index is 1.88. The third kappa shape index (κ3) is 2.64. The molecule has 0 N–H and O–H groups in total. The van der Waals surface area contributed by atoms with E-state index in [1.165, 1.54) is 23.2 Å². The maximum absolute atomic E-state index is 11.2. The largest absolute Gasteiger partial charge is 0.300 e. The quantitative estimate of drug-likeness (QED) is 0.847. The summed E-state index contributed by atoms with van der Waals surface area (Å²) in [5.41, 5.74) is 5.03. The lowest BCUT2D eigenvalue weighted by Crippen LogP contribution is -2.13. The van der Waals surface area contributed by atoms with Gasteiger partial charge in [-0.05, 0) is 48.9 Å². The van der Waals surface area contributed by atoms with Crippen LogP contribution in [0.4, 0.5) is 0 Å². The molecule has 0 saturated heterocycles. The number of aromatic nitrogens is 1. The standard InChI is InChI=1S/C18H19NO/c1-13(20)12-14-7-9-15(10-8-14)17-6-2-4-16-5-3-11-19-18(16)17/h3,5,7-11,17H,2,4,6,12H2,1H3. The van der Waals surface area contributed by atoms with E-state index in [-0.39, 0.29) is 5.78 Å². The highest BCUT2D eigenvalue weighted by molar-refractivity contribution is 5.78. The second kappa shape index (κ2) is 5.58. The van der Waals surface area contributed by atoms with Crippen molar-refractivity contribution < 1.29 is 4.79 Å². The van der Waals surface area contributed by atoms with Gasteiger partial charge in [-0.2, -0.15) is 0 Å². The zero-order valence-corrected chi connectivity index (χ0v) is 11.8. The molecule has 0 saturated carbocycles. The number of carbonyl (C=O) groups is 1. The van der Waals surface area contributed by atoms with Gasteiger partial charge >= 0.3 is 0 Å². The molecule has 0 spiro atoms. The highest BCUT2D eigenvalue weighted by Gasteiger charge is 2.22. The van der Waals surface area contributed by atoms with Crippen molar-refractivity contribution in [1.29, 1.82) is 0 Å². The van der Waals surface area contributed by atoms with Crippen LogP contribution >= 0.6 is 0 Å². The fourth-order valence-corrected chi connectivity index (χ4v) is 3.09. The molecule has 0 radical (unpaired) electrons. The Bertz CT molecular complexity index is 616. The Kier molecular flexibility index (Phi) is 3.64. The normalized spacial score (nSPS) is 17.6. The van der Waals surface area contributed by atoms with E-state index in [1.54, 1.807) is 6.92 Å². The summed E-state index contributed by atoms with van der Waals surface area (Å²) < 4.78 is 0. The van der Waals surface area contributed by atoms with Crippen LogP contribution in [0.2, 0.25) is 0 Å². The third-order valence-corrected chi connectivity index (χ3v) is 4.03. The molecule has 1 heterocycles. The lowest BCUT2D eigenvalue weighted by atomic mass is 9.82. The van der Waals surface area contributed by atoms with Gasteiger partial charge in [-0.3, -0.25) is 9.78 Å². The number of nitrogens with zero attached hydrogens (tertiary/aromatic N) is 1. The Hall–Kier alpha value is -1.96. The molecular formula is C18H19NO. The van der Waals surface area contributed by atoms with Gasteiger partial charge in [0.15, 0.2) is 0 Å². The molecular weight excluding hydrogens is 246 g/mol. The number of hydrogen-bond acceptors (Lipinski definition) is 2. The van der Waals surface area contributed by atoms with Gasteiger partial charge < -0.3 is 0 Å². The number of hydrogen-bond donors (Lipinski definition) is 0. The number of aryl methyl sites for hydroxylation is 1. The van der Waals surface area contributed by atoms with E-state index in [2.05, 4.69) is 35.3 Å². The molecule has 2 aromatic rings. The summed E-state index contributed by atoms with van der Waals surface area (Å²) in [7, 11) is 0. The lowest BCUT2D eigenvalue weighted by molar-refractivity contribution is -0.116. The first-order valence-electron chi connectivity index (χ1n) is 7.26. The van der Waals surface area contributed by atoms with E-state index >= 15 is 0 Å². The van der Waals surface area contributed by atoms with Crippen LogP contribution in [0, 0.1) is 0 Å². The summed E-state index contributed by atoms with van der Waals surface area (Å²) in [4.78, 5) is 15.7. The molecule has 2 heteroatoms. The van der Waals surface area contributed by atoms with Gasteiger partial charge in [-0.1, -0.05) is 30.3 Å². The van der Waals surface area contributed by atoms with Crippen molar-refractivity contribution in [2.24, 2.45) is 0 Å². The van der Waals surface area contributed by atoms with Crippen molar-refractivity contribution >= 4 is 5.78 Å². The molecule has 1 aliphatic carbocycles. The van der Waals surface area contributed by atoms with E-state index in [0.29, 0.717) is 12.3 Å². The van der Waals surface area contributed by atoms with Crippen molar-refractivity contribution in [1.82, 2.24) is 4.98 Å². The number of pyridine rings is 1. The van der Waals surface area contributed by atoms with Gasteiger partial charge in [-0.25, -0.2) is 0 Å². The van der Waals surface area contributed by atoms with Crippen molar-refractivity contribution in [3.63, 3.8) is 0 Å². The Morgan fingerprint density at radius 3 is 2.80 bits per heavy atom. The van der Waals surface area contributed by atoms with Crippen molar-refractivity contribution in [2.75, 3.05) is 0 Å². The predicted molar refractivity (Wildman–Crippen MR) is 79.8 cm³/mol. The molecule has 2 nitrogen and oxygen atoms in total. The number of ketones is 1. The van der Waals surface area contributed by atoms with E-state index < -0.39 is 0 Å². The van der Waals surface area contributed by atoms with Gasteiger partial charge in [-0.15, -0.1) is 0 Å². The minimum absolute atomic E-state index is 0.211. The molecule has 1 atom stereocenters. The number of fused-ring (bicyclic) bond motifs is 1. The molecule has 3 rings (SSSR count). The number of Topliss-reactive ketones (excluding diaryl/α,β-unsaturated/α-hetero) is 1. The number of benzene rings is 1. The third-order valence-electron chi connectivity index (χ3n) is 4.03. The van der Waals surface area contributed by atoms with Gasteiger partial charge in [0.2, 0.25) is 0 Å². The molecule has 0 amide bonds. The molecule has 1 aromatic carbocycles. The van der Waals surface area contributed by atoms with E-state index in [0.717, 1.165) is 18.4 Å². The number of rotatable bonds is 3. The lowest BCUT2D eigenvalue weighted by Gasteiger charge is -2.24. The SMILES string of the molecule is CC(=O)Cc1ccc(C2CCCc3cccnc32)cc1. The molecule has 0 aliphatic heterocycles. The Morgan fingerprint density at radius 1 is 1.25 bits per heavy atom. The minimum atomic E-state index is 0.211. The molecule has 102 valence electrons. The maximum Gasteiger partial charge on any atom is 0.134 e. The minimum Gasteiger partial charge on any atom is -0.300 e. The molecule has 1 aliphatic rings. The number of carbonyl (C=O) groups excluding carboxylic acids is 1. The predicted octanol–water partition coefficient (Wildman–Crippen LogP) is 3.68. The summed E-state index contributed by atoms with van der Waals surface area (Å²) in [5.74, 6) is 0.619. The van der Waals surface area contributed by atoms with Crippen LogP contribution in [0.3, 0.4) is 0 Å². The first-order chi connectivity index (χ1) is 9.74. The molecule has 20 heavy (non-hydrogen) atoms. The van der Waals surface area contributed by atoms with Crippen LogP contribution in [-0.2, 0) is 17.6 Å². The van der Waals surface area contributed by atoms with E-state index in [1.807, 2.05) is 12.3 Å². The van der Waals surface area contributed by atoms with Crippen LogP contribution in [0.15, 0.2) is 42.6 Å². The van der Waals surface area contributed by atoms with Crippen molar-refractivity contribution in [2.45, 2.75) is 38.5 Å². The van der Waals surface area contributed by atoms with Crippen LogP contribution in [0.25, 0.3) is 0 Å².